The lowest BCUT2D eigenvalue weighted by Gasteiger charge is -2.17. The highest BCUT2D eigenvalue weighted by Gasteiger charge is 2.12. The Bertz CT molecular complexity index is 482. The van der Waals surface area contributed by atoms with Crippen molar-refractivity contribution >= 4 is 5.91 Å². The number of aliphatic hydroxyl groups is 1. The van der Waals surface area contributed by atoms with E-state index in [1.54, 1.807) is 31.4 Å². The molecule has 108 valence electrons. The van der Waals surface area contributed by atoms with Crippen LogP contribution in [-0.4, -0.2) is 37.4 Å². The van der Waals surface area contributed by atoms with Crippen LogP contribution in [-0.2, 0) is 4.74 Å². The van der Waals surface area contributed by atoms with Crippen LogP contribution in [0.25, 0.3) is 0 Å². The number of nitrogens with one attached hydrogen (secondary N) is 1. The Morgan fingerprint density at radius 3 is 2.95 bits per heavy atom. The Labute approximate surface area is 120 Å². The Morgan fingerprint density at radius 1 is 1.50 bits per heavy atom. The number of rotatable bonds is 6. The number of ether oxygens (including phenoxy) is 1. The summed E-state index contributed by atoms with van der Waals surface area (Å²) in [5.41, 5.74) is 1.28. The molecule has 1 aromatic carbocycles. The molecule has 0 bridgehead atoms. The highest BCUT2D eigenvalue weighted by atomic mass is 16.5. The minimum absolute atomic E-state index is 0.0182. The van der Waals surface area contributed by atoms with Gasteiger partial charge in [0.1, 0.15) is 6.61 Å². The van der Waals surface area contributed by atoms with Gasteiger partial charge in [-0.15, -0.1) is 0 Å². The number of carbonyl (C=O) groups excluding carboxylic acids is 1. The van der Waals surface area contributed by atoms with Crippen LogP contribution in [0.2, 0.25) is 0 Å². The van der Waals surface area contributed by atoms with E-state index in [-0.39, 0.29) is 18.6 Å². The topological polar surface area (TPSA) is 58.6 Å². The average molecular weight is 275 g/mol. The van der Waals surface area contributed by atoms with Gasteiger partial charge in [-0.25, -0.2) is 0 Å². The second-order valence-corrected chi connectivity index (χ2v) is 4.46. The van der Waals surface area contributed by atoms with E-state index in [2.05, 4.69) is 24.1 Å². The second-order valence-electron chi connectivity index (χ2n) is 4.46. The van der Waals surface area contributed by atoms with Crippen molar-refractivity contribution < 1.29 is 14.6 Å². The molecule has 1 atom stereocenters. The normalized spacial score (nSPS) is 11.3. The maximum Gasteiger partial charge on any atom is 0.251 e. The number of hydrogen-bond donors (Lipinski definition) is 2. The van der Waals surface area contributed by atoms with Crippen molar-refractivity contribution in [2.45, 2.75) is 25.8 Å². The van der Waals surface area contributed by atoms with Crippen LogP contribution < -0.4 is 5.32 Å². The van der Waals surface area contributed by atoms with Crippen LogP contribution in [0.5, 0.6) is 0 Å². The molecule has 0 radical (unpaired) electrons. The maximum atomic E-state index is 12.2. The summed E-state index contributed by atoms with van der Waals surface area (Å²) in [6.45, 7) is 2.38. The van der Waals surface area contributed by atoms with Gasteiger partial charge >= 0.3 is 0 Å². The summed E-state index contributed by atoms with van der Waals surface area (Å²) >= 11 is 0. The fraction of sp³-hybridized carbons (Fsp3) is 0.438. The Hall–Kier alpha value is -1.83. The summed E-state index contributed by atoms with van der Waals surface area (Å²) in [6.07, 6.45) is 1.86. The monoisotopic (exact) mass is 275 g/mol. The predicted octanol–water partition coefficient (Wildman–Crippen LogP) is 1.58. The smallest absolute Gasteiger partial charge is 0.251 e. The van der Waals surface area contributed by atoms with Crippen LogP contribution in [0.3, 0.4) is 0 Å². The van der Waals surface area contributed by atoms with Gasteiger partial charge in [-0.1, -0.05) is 31.3 Å². The van der Waals surface area contributed by atoms with Gasteiger partial charge < -0.3 is 15.2 Å². The van der Waals surface area contributed by atoms with E-state index in [1.165, 1.54) is 0 Å². The van der Waals surface area contributed by atoms with E-state index in [0.29, 0.717) is 17.7 Å². The molecule has 0 aliphatic carbocycles. The summed E-state index contributed by atoms with van der Waals surface area (Å²) in [5, 5.41) is 11.6. The van der Waals surface area contributed by atoms with Crippen molar-refractivity contribution in [3.05, 3.63) is 35.4 Å². The molecular weight excluding hydrogens is 254 g/mol. The molecule has 1 unspecified atom stereocenters. The van der Waals surface area contributed by atoms with Crippen LogP contribution in [0.4, 0.5) is 0 Å². The van der Waals surface area contributed by atoms with Crippen molar-refractivity contribution in [1.29, 1.82) is 0 Å². The van der Waals surface area contributed by atoms with Crippen molar-refractivity contribution in [1.82, 2.24) is 5.32 Å². The lowest BCUT2D eigenvalue weighted by atomic mass is 10.1. The third-order valence-corrected chi connectivity index (χ3v) is 2.78. The van der Waals surface area contributed by atoms with Crippen molar-refractivity contribution in [2.24, 2.45) is 0 Å². The molecule has 20 heavy (non-hydrogen) atoms. The molecule has 0 fully saturated rings. The second kappa shape index (κ2) is 9.13. The van der Waals surface area contributed by atoms with Gasteiger partial charge in [0.05, 0.1) is 12.6 Å². The molecule has 4 nitrogen and oxygen atoms in total. The number of hydrogen-bond acceptors (Lipinski definition) is 3. The first-order valence-electron chi connectivity index (χ1n) is 6.70. The molecule has 0 aliphatic heterocycles. The number of aliphatic hydroxyl groups excluding tert-OH is 1. The summed E-state index contributed by atoms with van der Waals surface area (Å²) in [4.78, 5) is 12.2. The molecule has 1 amide bonds. The zero-order valence-electron chi connectivity index (χ0n) is 12.0. The number of amides is 1. The Morgan fingerprint density at radius 2 is 2.30 bits per heavy atom. The molecule has 1 rings (SSSR count). The SMILES string of the molecule is CCCC(COC)NC(=O)c1cccc(C#CCO)c1. The van der Waals surface area contributed by atoms with Gasteiger partial charge in [-0.2, -0.15) is 0 Å². The molecule has 1 aromatic rings. The maximum absolute atomic E-state index is 12.2. The summed E-state index contributed by atoms with van der Waals surface area (Å²) < 4.78 is 5.11. The first-order chi connectivity index (χ1) is 9.71. The zero-order chi connectivity index (χ0) is 14.8. The molecular formula is C16H21NO3. The minimum atomic E-state index is -0.192. The first kappa shape index (κ1) is 16.2. The van der Waals surface area contributed by atoms with Crippen LogP contribution >= 0.6 is 0 Å². The third kappa shape index (κ3) is 5.43. The van der Waals surface area contributed by atoms with Gasteiger partial charge in [0, 0.05) is 18.2 Å². The highest BCUT2D eigenvalue weighted by Crippen LogP contribution is 2.06. The molecule has 0 saturated heterocycles. The number of methoxy groups -OCH3 is 1. The van der Waals surface area contributed by atoms with E-state index >= 15 is 0 Å². The van der Waals surface area contributed by atoms with Gasteiger partial charge in [-0.3, -0.25) is 4.79 Å². The molecule has 0 aliphatic rings. The lowest BCUT2D eigenvalue weighted by molar-refractivity contribution is 0.0891. The first-order valence-corrected chi connectivity index (χ1v) is 6.70. The van der Waals surface area contributed by atoms with E-state index in [0.717, 1.165) is 12.8 Å². The molecule has 2 N–H and O–H groups in total. The van der Waals surface area contributed by atoms with Gasteiger partial charge in [0.25, 0.3) is 5.91 Å². The van der Waals surface area contributed by atoms with Gasteiger partial charge in [0.2, 0.25) is 0 Å². The van der Waals surface area contributed by atoms with E-state index in [4.69, 9.17) is 9.84 Å². The zero-order valence-corrected chi connectivity index (χ0v) is 12.0. The molecule has 4 heteroatoms. The summed E-state index contributed by atoms with van der Waals surface area (Å²) in [5.74, 6) is 5.22. The van der Waals surface area contributed by atoms with Crippen molar-refractivity contribution in [2.75, 3.05) is 20.3 Å². The van der Waals surface area contributed by atoms with Crippen molar-refractivity contribution in [3.63, 3.8) is 0 Å². The van der Waals surface area contributed by atoms with Crippen molar-refractivity contribution in [3.8, 4) is 11.8 Å². The van der Waals surface area contributed by atoms with E-state index in [9.17, 15) is 4.79 Å². The largest absolute Gasteiger partial charge is 0.384 e. The quantitative estimate of drug-likeness (QED) is 0.775. The fourth-order valence-electron chi connectivity index (χ4n) is 1.90. The van der Waals surface area contributed by atoms with Crippen LogP contribution in [0.1, 0.15) is 35.7 Å². The Balaban J connectivity index is 2.75. The predicted molar refractivity (Wildman–Crippen MR) is 78.4 cm³/mol. The number of benzene rings is 1. The average Bonchev–Trinajstić information content (AvgIpc) is 2.46. The van der Waals surface area contributed by atoms with Gasteiger partial charge in [-0.05, 0) is 24.6 Å². The lowest BCUT2D eigenvalue weighted by Crippen LogP contribution is -2.37. The summed E-state index contributed by atoms with van der Waals surface area (Å²) in [6, 6.07) is 7.06. The molecule has 0 heterocycles. The number of carbonyl (C=O) groups is 1. The van der Waals surface area contributed by atoms with E-state index < -0.39 is 0 Å². The third-order valence-electron chi connectivity index (χ3n) is 2.78. The molecule has 0 saturated carbocycles. The van der Waals surface area contributed by atoms with E-state index in [1.807, 2.05) is 0 Å². The molecule has 0 aromatic heterocycles. The molecule has 0 spiro atoms. The van der Waals surface area contributed by atoms with Crippen LogP contribution in [0.15, 0.2) is 24.3 Å². The summed E-state index contributed by atoms with van der Waals surface area (Å²) in [7, 11) is 1.62. The highest BCUT2D eigenvalue weighted by molar-refractivity contribution is 5.94. The fourth-order valence-corrected chi connectivity index (χ4v) is 1.90. The standard InChI is InChI=1S/C16H21NO3/c1-3-6-15(12-20-2)17-16(19)14-9-4-7-13(11-14)8-5-10-18/h4,7,9,11,15,18H,3,6,10,12H2,1-2H3,(H,17,19). The minimum Gasteiger partial charge on any atom is -0.384 e. The Kier molecular flexibility index (Phi) is 7.41. The van der Waals surface area contributed by atoms with Crippen LogP contribution in [0, 0.1) is 11.8 Å². The van der Waals surface area contributed by atoms with Gasteiger partial charge in [0.15, 0.2) is 0 Å².